The molecule has 1 saturated heterocycles. The van der Waals surface area contributed by atoms with E-state index in [1.807, 2.05) is 31.2 Å². The number of aliphatic hydroxyl groups is 1. The van der Waals surface area contributed by atoms with Crippen molar-refractivity contribution in [1.29, 1.82) is 0 Å². The Morgan fingerprint density at radius 3 is 2.67 bits per heavy atom. The summed E-state index contributed by atoms with van der Waals surface area (Å²) in [7, 11) is 0. The molecule has 11 heteroatoms. The fraction of sp³-hybridized carbons (Fsp3) is 0.500. The van der Waals surface area contributed by atoms with Crippen LogP contribution in [0.4, 0.5) is 27.6 Å². The largest absolute Gasteiger partial charge is 0.434 e. The van der Waals surface area contributed by atoms with Crippen LogP contribution in [0.25, 0.3) is 10.9 Å². The molecule has 5 rings (SSSR count). The molecule has 2 aliphatic heterocycles. The number of benzene rings is 2. The van der Waals surface area contributed by atoms with E-state index in [2.05, 4.69) is 15.2 Å². The van der Waals surface area contributed by atoms with Crippen LogP contribution in [0.3, 0.4) is 0 Å². The number of H-pyrrole nitrogens is 1. The molecule has 0 bridgehead atoms. The number of aromatic nitrogens is 1. The number of para-hydroxylation sites is 1. The van der Waals surface area contributed by atoms with Crippen LogP contribution in [0, 0.1) is 0 Å². The van der Waals surface area contributed by atoms with E-state index in [0.29, 0.717) is 49.4 Å². The minimum absolute atomic E-state index is 0.0737. The fourth-order valence-electron chi connectivity index (χ4n) is 5.82. The van der Waals surface area contributed by atoms with Crippen LogP contribution in [0.2, 0.25) is 0 Å². The van der Waals surface area contributed by atoms with Crippen LogP contribution in [-0.4, -0.2) is 84.0 Å². The average Bonchev–Trinajstić information content (AvgIpc) is 3.24. The molecule has 0 spiro atoms. The maximum atomic E-state index is 14.6. The van der Waals surface area contributed by atoms with Crippen molar-refractivity contribution in [2.24, 2.45) is 0 Å². The van der Waals surface area contributed by atoms with Gasteiger partial charge in [0.05, 0.1) is 25.3 Å². The van der Waals surface area contributed by atoms with Crippen molar-refractivity contribution in [3.05, 3.63) is 59.3 Å². The molecule has 1 fully saturated rings. The van der Waals surface area contributed by atoms with Crippen LogP contribution in [0.1, 0.15) is 36.2 Å². The zero-order valence-corrected chi connectivity index (χ0v) is 21.6. The highest BCUT2D eigenvalue weighted by molar-refractivity contribution is 5.85. The molecule has 39 heavy (non-hydrogen) atoms. The maximum Gasteiger partial charge on any atom is 0.387 e. The Labute approximate surface area is 223 Å². The third-order valence-electron chi connectivity index (χ3n) is 7.62. The summed E-state index contributed by atoms with van der Waals surface area (Å²) < 4.78 is 73.8. The van der Waals surface area contributed by atoms with Crippen LogP contribution >= 0.6 is 0 Å². The van der Waals surface area contributed by atoms with Gasteiger partial charge in [-0.05, 0) is 37.5 Å². The molecule has 3 N–H and O–H groups in total. The van der Waals surface area contributed by atoms with E-state index < -0.39 is 31.7 Å². The molecule has 1 aromatic heterocycles. The summed E-state index contributed by atoms with van der Waals surface area (Å²) in [6.07, 6.45) is 0.942. The van der Waals surface area contributed by atoms with Gasteiger partial charge in [-0.2, -0.15) is 8.78 Å². The fourth-order valence-corrected chi connectivity index (χ4v) is 5.82. The van der Waals surface area contributed by atoms with Gasteiger partial charge in [-0.1, -0.05) is 24.3 Å². The second-order valence-electron chi connectivity index (χ2n) is 10.5. The molecular weight excluding hydrogens is 519 g/mol. The summed E-state index contributed by atoms with van der Waals surface area (Å²) in [4.78, 5) is 6.99. The SMILES string of the molecule is CC1Cc2c([nH]c3ccccc23)C(c2ccc(NC3CN(CCCF)C3)cc2OC(F)F)N1CC(F)(F)CO. The highest BCUT2D eigenvalue weighted by Gasteiger charge is 2.42. The van der Waals surface area contributed by atoms with Gasteiger partial charge in [-0.25, -0.2) is 8.78 Å². The number of alkyl halides is 5. The number of aliphatic hydroxyl groups excluding tert-OH is 1. The summed E-state index contributed by atoms with van der Waals surface area (Å²) in [5.41, 5.74) is 3.31. The Bertz CT molecular complexity index is 1280. The second-order valence-corrected chi connectivity index (χ2v) is 10.5. The number of ether oxygens (including phenoxy) is 1. The number of hydrogen-bond acceptors (Lipinski definition) is 5. The molecule has 0 saturated carbocycles. The monoisotopic (exact) mass is 552 g/mol. The molecule has 0 amide bonds. The lowest BCUT2D eigenvalue weighted by atomic mass is 9.87. The van der Waals surface area contributed by atoms with Gasteiger partial charge in [0.25, 0.3) is 5.92 Å². The standard InChI is InChI=1S/C28H33F5N4O2/c1-17-11-22-20-5-2-3-6-23(20)35-25(22)26(37(17)15-28(32,33)16-38)21-8-7-18(12-24(21)39-27(30)31)34-19-13-36(14-19)10-4-9-29/h2-3,5-8,12,17,19,26-27,34-35,38H,4,9-11,13-16H2,1H3. The Balaban J connectivity index is 1.52. The number of aromatic amines is 1. The van der Waals surface area contributed by atoms with Gasteiger partial charge in [-0.3, -0.25) is 14.2 Å². The van der Waals surface area contributed by atoms with E-state index in [4.69, 9.17) is 4.74 Å². The van der Waals surface area contributed by atoms with Crippen LogP contribution in [0.15, 0.2) is 42.5 Å². The summed E-state index contributed by atoms with van der Waals surface area (Å²) in [6.45, 7) is -1.68. The van der Waals surface area contributed by atoms with Gasteiger partial charge in [0.1, 0.15) is 12.4 Å². The number of fused-ring (bicyclic) bond motifs is 3. The predicted octanol–water partition coefficient (Wildman–Crippen LogP) is 5.19. The van der Waals surface area contributed by atoms with Crippen LogP contribution < -0.4 is 10.1 Å². The molecular formula is C28H33F5N4O2. The smallest absolute Gasteiger partial charge is 0.387 e. The highest BCUT2D eigenvalue weighted by Crippen LogP contribution is 2.45. The van der Waals surface area contributed by atoms with E-state index in [1.165, 1.54) is 6.07 Å². The highest BCUT2D eigenvalue weighted by atomic mass is 19.3. The number of likely N-dealkylation sites (tertiary alicyclic amines) is 1. The Morgan fingerprint density at radius 2 is 1.95 bits per heavy atom. The normalized spacial score (nSPS) is 20.8. The molecule has 0 aliphatic carbocycles. The van der Waals surface area contributed by atoms with E-state index >= 15 is 0 Å². The molecule has 2 aromatic carbocycles. The lowest BCUT2D eigenvalue weighted by molar-refractivity contribution is -0.0874. The van der Waals surface area contributed by atoms with Crippen molar-refractivity contribution in [3.63, 3.8) is 0 Å². The van der Waals surface area contributed by atoms with Crippen molar-refractivity contribution in [3.8, 4) is 5.75 Å². The van der Waals surface area contributed by atoms with Crippen molar-refractivity contribution in [1.82, 2.24) is 14.8 Å². The summed E-state index contributed by atoms with van der Waals surface area (Å²) >= 11 is 0. The van der Waals surface area contributed by atoms with Gasteiger partial charge in [0.2, 0.25) is 0 Å². The molecule has 3 aromatic rings. The van der Waals surface area contributed by atoms with Crippen molar-refractivity contribution in [2.45, 2.75) is 50.4 Å². The maximum absolute atomic E-state index is 14.6. The summed E-state index contributed by atoms with van der Waals surface area (Å²) in [5.74, 6) is -3.50. The lowest BCUT2D eigenvalue weighted by Gasteiger charge is -2.42. The minimum Gasteiger partial charge on any atom is -0.434 e. The number of hydrogen-bond donors (Lipinski definition) is 3. The first-order chi connectivity index (χ1) is 18.7. The summed E-state index contributed by atoms with van der Waals surface area (Å²) in [6, 6.07) is 11.3. The number of anilines is 1. The average molecular weight is 553 g/mol. The number of nitrogens with one attached hydrogen (secondary N) is 2. The quantitative estimate of drug-likeness (QED) is 0.286. The minimum atomic E-state index is -3.39. The van der Waals surface area contributed by atoms with E-state index in [-0.39, 0.29) is 24.5 Å². The Hall–Kier alpha value is -2.89. The van der Waals surface area contributed by atoms with E-state index in [0.717, 1.165) is 16.5 Å². The van der Waals surface area contributed by atoms with Gasteiger partial charge in [0.15, 0.2) is 0 Å². The van der Waals surface area contributed by atoms with Crippen LogP contribution in [-0.2, 0) is 6.42 Å². The van der Waals surface area contributed by atoms with Crippen LogP contribution in [0.5, 0.6) is 5.75 Å². The Kier molecular flexibility index (Phi) is 8.02. The van der Waals surface area contributed by atoms with Gasteiger partial charge >= 0.3 is 6.61 Å². The molecule has 2 aliphatic rings. The molecule has 2 unspecified atom stereocenters. The summed E-state index contributed by atoms with van der Waals surface area (Å²) in [5, 5.41) is 13.6. The van der Waals surface area contributed by atoms with E-state index in [1.54, 1.807) is 17.0 Å². The number of halogens is 5. The number of rotatable bonds is 11. The van der Waals surface area contributed by atoms with Crippen molar-refractivity contribution >= 4 is 16.6 Å². The molecule has 3 heterocycles. The third-order valence-corrected chi connectivity index (χ3v) is 7.62. The third kappa shape index (κ3) is 5.85. The molecule has 2 atom stereocenters. The van der Waals surface area contributed by atoms with E-state index in [9.17, 15) is 27.1 Å². The van der Waals surface area contributed by atoms with Crippen molar-refractivity contribution in [2.75, 3.05) is 44.8 Å². The second kappa shape index (κ2) is 11.3. The van der Waals surface area contributed by atoms with Gasteiger partial charge in [-0.15, -0.1) is 0 Å². The van der Waals surface area contributed by atoms with Crippen molar-refractivity contribution < 1.29 is 31.8 Å². The lowest BCUT2D eigenvalue weighted by Crippen LogP contribution is -2.54. The Morgan fingerprint density at radius 1 is 1.18 bits per heavy atom. The first-order valence-electron chi connectivity index (χ1n) is 13.2. The topological polar surface area (TPSA) is 63.8 Å². The molecule has 0 radical (unpaired) electrons. The molecule has 212 valence electrons. The number of nitrogens with zero attached hydrogens (tertiary/aromatic N) is 2. The van der Waals surface area contributed by atoms with Gasteiger partial charge < -0.3 is 20.1 Å². The predicted molar refractivity (Wildman–Crippen MR) is 140 cm³/mol. The first kappa shape index (κ1) is 27.7. The van der Waals surface area contributed by atoms with Gasteiger partial charge in [0, 0.05) is 59.6 Å². The molecule has 6 nitrogen and oxygen atoms in total. The zero-order valence-electron chi connectivity index (χ0n) is 21.6. The zero-order chi connectivity index (χ0) is 27.7. The first-order valence-corrected chi connectivity index (χ1v) is 13.2.